The number of fused-ring (bicyclic) bond motifs is 5. The number of carbonyl (C=O) groups excluding carboxylic acids is 1. The van der Waals surface area contributed by atoms with Crippen LogP contribution in [0.25, 0.3) is 0 Å². The highest BCUT2D eigenvalue weighted by atomic mass is 16.3. The largest absolute Gasteiger partial charge is 0.378 e. The van der Waals surface area contributed by atoms with Gasteiger partial charge >= 0.3 is 0 Å². The van der Waals surface area contributed by atoms with Crippen LogP contribution in [-0.2, 0) is 4.79 Å². The number of rotatable bonds is 0. The normalized spacial score (nSPS) is 55.5. The van der Waals surface area contributed by atoms with Crippen LogP contribution < -0.4 is 0 Å². The van der Waals surface area contributed by atoms with E-state index in [4.69, 9.17) is 6.42 Å². The Labute approximate surface area is 140 Å². The molecule has 0 aromatic rings. The second kappa shape index (κ2) is 4.85. The SMILES string of the molecule is C#C[C@]1(O)CC[C@]2(C)[C@@H](CC[C@H]3[C@H]4CCC(=O)[C@]4(C)CC[C@@H]32)C1. The standard InChI is InChI=1S/C21H30O2/c1-4-21(23)12-11-19(2)14(13-21)5-6-15-16-7-8-18(22)20(16,3)10-9-17(15)19/h1,14-17,23H,5-13H2,2-3H3/t14-,15-,16+,17-,19+,20+,21-/m0/s1. The van der Waals surface area contributed by atoms with E-state index < -0.39 is 5.60 Å². The van der Waals surface area contributed by atoms with Gasteiger partial charge in [-0.3, -0.25) is 4.79 Å². The van der Waals surface area contributed by atoms with E-state index in [0.29, 0.717) is 23.0 Å². The van der Waals surface area contributed by atoms with E-state index in [9.17, 15) is 9.90 Å². The fraction of sp³-hybridized carbons (Fsp3) is 0.857. The van der Waals surface area contributed by atoms with Crippen LogP contribution in [0, 0.1) is 46.8 Å². The Bertz CT molecular complexity index is 575. The quantitative estimate of drug-likeness (QED) is 0.687. The smallest absolute Gasteiger partial charge is 0.139 e. The third kappa shape index (κ3) is 2.02. The van der Waals surface area contributed by atoms with Gasteiger partial charge in [-0.1, -0.05) is 19.8 Å². The van der Waals surface area contributed by atoms with Gasteiger partial charge in [-0.05, 0) is 80.5 Å². The molecule has 4 rings (SSSR count). The third-order valence-electron chi connectivity index (χ3n) is 8.70. The van der Waals surface area contributed by atoms with E-state index in [1.165, 1.54) is 19.3 Å². The summed E-state index contributed by atoms with van der Waals surface area (Å²) in [5.74, 6) is 5.81. The molecule has 0 bridgehead atoms. The number of ketones is 1. The molecule has 2 heteroatoms. The highest BCUT2D eigenvalue weighted by molar-refractivity contribution is 5.87. The summed E-state index contributed by atoms with van der Waals surface area (Å²) >= 11 is 0. The van der Waals surface area contributed by atoms with Crippen LogP contribution in [0.4, 0.5) is 0 Å². The summed E-state index contributed by atoms with van der Waals surface area (Å²) < 4.78 is 0. The van der Waals surface area contributed by atoms with E-state index in [-0.39, 0.29) is 5.41 Å². The Balaban J connectivity index is 1.62. The number of hydrogen-bond acceptors (Lipinski definition) is 2. The van der Waals surface area contributed by atoms with Gasteiger partial charge in [-0.2, -0.15) is 0 Å². The highest BCUT2D eigenvalue weighted by Crippen LogP contribution is 2.66. The van der Waals surface area contributed by atoms with Crippen molar-refractivity contribution in [3.05, 3.63) is 0 Å². The minimum absolute atomic E-state index is 0.0292. The molecule has 4 fully saturated rings. The fourth-order valence-electron chi connectivity index (χ4n) is 7.15. The lowest BCUT2D eigenvalue weighted by Crippen LogP contribution is -2.55. The summed E-state index contributed by atoms with van der Waals surface area (Å²) in [4.78, 5) is 12.4. The Morgan fingerprint density at radius 2 is 1.87 bits per heavy atom. The lowest BCUT2D eigenvalue weighted by atomic mass is 9.44. The zero-order valence-electron chi connectivity index (χ0n) is 14.6. The fourth-order valence-corrected chi connectivity index (χ4v) is 7.15. The van der Waals surface area contributed by atoms with Crippen molar-refractivity contribution in [2.24, 2.45) is 34.5 Å². The van der Waals surface area contributed by atoms with Gasteiger partial charge in [0.1, 0.15) is 11.4 Å². The second-order valence-corrected chi connectivity index (χ2v) is 9.45. The molecule has 126 valence electrons. The maximum Gasteiger partial charge on any atom is 0.139 e. The molecular formula is C21H30O2. The first-order valence-electron chi connectivity index (χ1n) is 9.56. The lowest BCUT2D eigenvalue weighted by molar-refractivity contribution is -0.146. The van der Waals surface area contributed by atoms with Crippen molar-refractivity contribution < 1.29 is 9.90 Å². The van der Waals surface area contributed by atoms with Gasteiger partial charge in [0.15, 0.2) is 0 Å². The molecule has 0 spiro atoms. The molecule has 7 atom stereocenters. The van der Waals surface area contributed by atoms with Crippen LogP contribution >= 0.6 is 0 Å². The first-order valence-corrected chi connectivity index (χ1v) is 9.56. The van der Waals surface area contributed by atoms with Gasteiger partial charge < -0.3 is 5.11 Å². The molecule has 1 N–H and O–H groups in total. The van der Waals surface area contributed by atoms with Gasteiger partial charge in [0.05, 0.1) is 0 Å². The van der Waals surface area contributed by atoms with Crippen LogP contribution in [0.3, 0.4) is 0 Å². The van der Waals surface area contributed by atoms with Crippen molar-refractivity contribution in [1.29, 1.82) is 0 Å². The van der Waals surface area contributed by atoms with Crippen molar-refractivity contribution >= 4 is 5.78 Å². The van der Waals surface area contributed by atoms with E-state index >= 15 is 0 Å². The summed E-state index contributed by atoms with van der Waals surface area (Å²) in [6.07, 6.45) is 14.8. The molecule has 0 aliphatic heterocycles. The molecule has 0 amide bonds. The summed E-state index contributed by atoms with van der Waals surface area (Å²) in [5, 5.41) is 10.6. The van der Waals surface area contributed by atoms with Crippen LogP contribution in [0.15, 0.2) is 0 Å². The molecule has 0 aromatic carbocycles. The zero-order chi connectivity index (χ0) is 16.5. The molecule has 4 aliphatic rings. The minimum atomic E-state index is -0.872. The molecule has 23 heavy (non-hydrogen) atoms. The second-order valence-electron chi connectivity index (χ2n) is 9.45. The Morgan fingerprint density at radius 3 is 2.61 bits per heavy atom. The van der Waals surface area contributed by atoms with Crippen LogP contribution in [-0.4, -0.2) is 16.5 Å². The van der Waals surface area contributed by atoms with Gasteiger partial charge in [0.25, 0.3) is 0 Å². The zero-order valence-corrected chi connectivity index (χ0v) is 14.6. The topological polar surface area (TPSA) is 37.3 Å². The maximum atomic E-state index is 12.4. The number of hydrogen-bond donors (Lipinski definition) is 1. The monoisotopic (exact) mass is 314 g/mol. The predicted molar refractivity (Wildman–Crippen MR) is 90.5 cm³/mol. The molecule has 0 aromatic heterocycles. The van der Waals surface area contributed by atoms with Gasteiger partial charge in [0, 0.05) is 11.8 Å². The minimum Gasteiger partial charge on any atom is -0.378 e. The first-order chi connectivity index (χ1) is 10.8. The Hall–Kier alpha value is -0.810. The summed E-state index contributed by atoms with van der Waals surface area (Å²) in [6.45, 7) is 4.71. The van der Waals surface area contributed by atoms with Crippen molar-refractivity contribution in [2.75, 3.05) is 0 Å². The van der Waals surface area contributed by atoms with Gasteiger partial charge in [0.2, 0.25) is 0 Å². The average Bonchev–Trinajstić information content (AvgIpc) is 2.84. The molecule has 4 saturated carbocycles. The first kappa shape index (κ1) is 15.7. The van der Waals surface area contributed by atoms with Gasteiger partial charge in [-0.15, -0.1) is 6.42 Å². The van der Waals surface area contributed by atoms with Crippen molar-refractivity contribution in [3.63, 3.8) is 0 Å². The van der Waals surface area contributed by atoms with Crippen LogP contribution in [0.1, 0.15) is 71.6 Å². The summed E-state index contributed by atoms with van der Waals surface area (Å²) in [6, 6.07) is 0. The average molecular weight is 314 g/mol. The maximum absolute atomic E-state index is 12.4. The molecule has 0 radical (unpaired) electrons. The number of aliphatic hydroxyl groups is 1. The van der Waals surface area contributed by atoms with Crippen LogP contribution in [0.5, 0.6) is 0 Å². The highest BCUT2D eigenvalue weighted by Gasteiger charge is 2.61. The lowest BCUT2D eigenvalue weighted by Gasteiger charge is -2.60. The Morgan fingerprint density at radius 1 is 1.09 bits per heavy atom. The number of carbonyl (C=O) groups is 1. The summed E-state index contributed by atoms with van der Waals surface area (Å²) in [7, 11) is 0. The summed E-state index contributed by atoms with van der Waals surface area (Å²) in [5.41, 5.74) is -0.582. The molecule has 4 aliphatic carbocycles. The van der Waals surface area contributed by atoms with E-state index in [2.05, 4.69) is 19.8 Å². The number of terminal acetylenes is 1. The van der Waals surface area contributed by atoms with Gasteiger partial charge in [-0.25, -0.2) is 0 Å². The molecule has 2 nitrogen and oxygen atoms in total. The Kier molecular flexibility index (Phi) is 3.31. The predicted octanol–water partition coefficient (Wildman–Crippen LogP) is 3.96. The molecule has 0 saturated heterocycles. The van der Waals surface area contributed by atoms with Crippen LogP contribution in [0.2, 0.25) is 0 Å². The van der Waals surface area contributed by atoms with E-state index in [1.807, 2.05) is 0 Å². The van der Waals surface area contributed by atoms with E-state index in [0.717, 1.165) is 50.4 Å². The van der Waals surface area contributed by atoms with Crippen molar-refractivity contribution in [3.8, 4) is 12.3 Å². The van der Waals surface area contributed by atoms with E-state index in [1.54, 1.807) is 0 Å². The molecule has 0 heterocycles. The molecule has 0 unspecified atom stereocenters. The van der Waals surface area contributed by atoms with Crippen molar-refractivity contribution in [2.45, 2.75) is 77.2 Å². The molecular weight excluding hydrogens is 284 g/mol. The van der Waals surface area contributed by atoms with Crippen molar-refractivity contribution in [1.82, 2.24) is 0 Å². The third-order valence-corrected chi connectivity index (χ3v) is 8.70. The number of Topliss-reactive ketones (excluding diaryl/α,β-unsaturated/α-hetero) is 1.